The lowest BCUT2D eigenvalue weighted by atomic mass is 10.2. The van der Waals surface area contributed by atoms with Crippen molar-refractivity contribution < 1.29 is 20.4 Å². The molecule has 1 atom stereocenters. The third kappa shape index (κ3) is 8.54. The molecule has 0 aromatic carbocycles. The van der Waals surface area contributed by atoms with Crippen LogP contribution in [0.3, 0.4) is 0 Å². The Balaban J connectivity index is 4.11. The summed E-state index contributed by atoms with van der Waals surface area (Å²) in [5.41, 5.74) is -0.869. The molecule has 0 bridgehead atoms. The highest BCUT2D eigenvalue weighted by molar-refractivity contribution is 5.80. The van der Waals surface area contributed by atoms with Gasteiger partial charge in [0.05, 0.1) is 6.61 Å². The minimum atomic E-state index is -0.869. The Morgan fingerprint density at radius 2 is 1.94 bits per heavy atom. The fourth-order valence-corrected chi connectivity index (χ4v) is 0.890. The normalized spacial score (nSPS) is 13.9. The lowest BCUT2D eigenvalue weighted by Crippen LogP contribution is -2.42. The number of alkyl carbamates (subject to hydrolysis) is 1. The van der Waals surface area contributed by atoms with Crippen LogP contribution >= 0.6 is 0 Å². The Bertz CT molecular complexity index is 292. The zero-order chi connectivity index (χ0) is 14.3. The van der Waals surface area contributed by atoms with Crippen LogP contribution in [0.25, 0.3) is 0 Å². The van der Waals surface area contributed by atoms with E-state index < -0.39 is 23.7 Å². The molecule has 17 heavy (non-hydrogen) atoms. The maximum Gasteiger partial charge on any atom is 0.408 e. The summed E-state index contributed by atoms with van der Waals surface area (Å²) < 4.78 is 17.1. The number of carbonyl (C=O) groups excluding carboxylic acids is 2. The molecule has 0 aromatic heterocycles. The molecule has 0 aromatic rings. The van der Waals surface area contributed by atoms with E-state index in [9.17, 15) is 9.59 Å². The molecule has 0 aliphatic carbocycles. The van der Waals surface area contributed by atoms with Crippen molar-refractivity contribution in [2.45, 2.75) is 53.2 Å². The van der Waals surface area contributed by atoms with Crippen LogP contribution in [0, 0.1) is 5.92 Å². The zero-order valence-electron chi connectivity index (χ0n) is 12.2. The summed E-state index contributed by atoms with van der Waals surface area (Å²) in [6, 6.07) is -0.766. The Morgan fingerprint density at radius 3 is 2.41 bits per heavy atom. The van der Waals surface area contributed by atoms with Crippen LogP contribution in [0.15, 0.2) is 0 Å². The van der Waals surface area contributed by atoms with Crippen LogP contribution in [0.1, 0.15) is 42.9 Å². The number of rotatable bonds is 4. The molecule has 0 spiro atoms. The standard InChI is InChI=1S/C12H23NO4/c1-8(2)7-16-10(14)9(3)13-11(15)17-12(4,5)6/h8-9H,7H2,1-6H3,(H,13,15)/t9-/m0/s1/i4D. The summed E-state index contributed by atoms with van der Waals surface area (Å²) in [5, 5.41) is 2.37. The van der Waals surface area contributed by atoms with Crippen molar-refractivity contribution in [3.8, 4) is 0 Å². The Kier molecular flexibility index (Phi) is 5.25. The van der Waals surface area contributed by atoms with Crippen molar-refractivity contribution in [3.05, 3.63) is 0 Å². The van der Waals surface area contributed by atoms with Crippen LogP contribution in [-0.4, -0.2) is 30.3 Å². The zero-order valence-corrected chi connectivity index (χ0v) is 11.2. The van der Waals surface area contributed by atoms with Gasteiger partial charge in [-0.2, -0.15) is 0 Å². The van der Waals surface area contributed by atoms with Crippen molar-refractivity contribution in [2.75, 3.05) is 6.61 Å². The first-order valence-corrected chi connectivity index (χ1v) is 5.63. The molecule has 1 N–H and O–H groups in total. The number of amides is 1. The predicted octanol–water partition coefficient (Wildman–Crippen LogP) is 2.10. The van der Waals surface area contributed by atoms with Crippen molar-refractivity contribution in [3.63, 3.8) is 0 Å². The highest BCUT2D eigenvalue weighted by Gasteiger charge is 2.21. The van der Waals surface area contributed by atoms with Crippen molar-refractivity contribution in [2.24, 2.45) is 5.92 Å². The molecular weight excluding hydrogens is 222 g/mol. The Labute approximate surface area is 104 Å². The van der Waals surface area contributed by atoms with E-state index in [-0.39, 0.29) is 12.8 Å². The van der Waals surface area contributed by atoms with Gasteiger partial charge in [0.25, 0.3) is 0 Å². The minimum Gasteiger partial charge on any atom is -0.464 e. The quantitative estimate of drug-likeness (QED) is 0.771. The van der Waals surface area contributed by atoms with Gasteiger partial charge in [0, 0.05) is 1.37 Å². The fraction of sp³-hybridized carbons (Fsp3) is 0.833. The summed E-state index contributed by atoms with van der Waals surface area (Å²) in [7, 11) is 0. The highest BCUT2D eigenvalue weighted by atomic mass is 16.6. The van der Waals surface area contributed by atoms with E-state index in [0.717, 1.165) is 0 Å². The van der Waals surface area contributed by atoms with E-state index in [1.807, 2.05) is 13.8 Å². The van der Waals surface area contributed by atoms with Crippen molar-refractivity contribution in [1.82, 2.24) is 5.32 Å². The second-order valence-electron chi connectivity index (χ2n) is 5.04. The molecule has 5 nitrogen and oxygen atoms in total. The lowest BCUT2D eigenvalue weighted by Gasteiger charge is -2.21. The first-order valence-electron chi connectivity index (χ1n) is 6.34. The smallest absolute Gasteiger partial charge is 0.408 e. The third-order valence-electron chi connectivity index (χ3n) is 1.62. The molecule has 0 saturated carbocycles. The van der Waals surface area contributed by atoms with E-state index in [2.05, 4.69) is 5.32 Å². The SMILES string of the molecule is [2H]CC(C)(C)OC(=O)N[C@@H](C)C(=O)OCC(C)C. The van der Waals surface area contributed by atoms with Crippen molar-refractivity contribution >= 4 is 12.1 Å². The highest BCUT2D eigenvalue weighted by Crippen LogP contribution is 2.07. The van der Waals surface area contributed by atoms with Crippen LogP contribution in [0.4, 0.5) is 4.79 Å². The average Bonchev–Trinajstić information content (AvgIpc) is 2.24. The number of hydrogen-bond donors (Lipinski definition) is 1. The summed E-state index contributed by atoms with van der Waals surface area (Å²) in [5.74, 6) is -0.250. The largest absolute Gasteiger partial charge is 0.464 e. The fourth-order valence-electron chi connectivity index (χ4n) is 0.890. The van der Waals surface area contributed by atoms with Gasteiger partial charge in [-0.15, -0.1) is 0 Å². The first-order chi connectivity index (χ1) is 8.18. The predicted molar refractivity (Wildman–Crippen MR) is 64.6 cm³/mol. The summed E-state index contributed by atoms with van der Waals surface area (Å²) >= 11 is 0. The third-order valence-corrected chi connectivity index (χ3v) is 1.62. The van der Waals surface area contributed by atoms with E-state index in [1.54, 1.807) is 13.8 Å². The molecule has 0 aliphatic rings. The van der Waals surface area contributed by atoms with Gasteiger partial charge in [-0.25, -0.2) is 9.59 Å². The molecule has 1 amide bonds. The molecule has 0 rings (SSSR count). The monoisotopic (exact) mass is 246 g/mol. The molecular formula is C12H23NO4. The topological polar surface area (TPSA) is 64.6 Å². The molecule has 100 valence electrons. The molecule has 0 saturated heterocycles. The van der Waals surface area contributed by atoms with Gasteiger partial charge >= 0.3 is 12.1 Å². The molecule has 0 heterocycles. The van der Waals surface area contributed by atoms with Gasteiger partial charge in [0.1, 0.15) is 11.6 Å². The number of esters is 1. The second kappa shape index (κ2) is 6.47. The van der Waals surface area contributed by atoms with Crippen molar-refractivity contribution in [1.29, 1.82) is 0 Å². The first kappa shape index (κ1) is 13.8. The van der Waals surface area contributed by atoms with Gasteiger partial charge in [0.15, 0.2) is 0 Å². The van der Waals surface area contributed by atoms with Gasteiger partial charge in [0.2, 0.25) is 0 Å². The molecule has 0 fully saturated rings. The minimum absolute atomic E-state index is 0.0490. The second-order valence-corrected chi connectivity index (χ2v) is 5.04. The van der Waals surface area contributed by atoms with E-state index in [0.29, 0.717) is 6.61 Å². The summed E-state index contributed by atoms with van der Waals surface area (Å²) in [6.07, 6.45) is -0.721. The summed E-state index contributed by atoms with van der Waals surface area (Å²) in [4.78, 5) is 22.9. The van der Waals surface area contributed by atoms with Gasteiger partial charge < -0.3 is 14.8 Å². The van der Waals surface area contributed by atoms with Crippen LogP contribution in [0.5, 0.6) is 0 Å². The number of ether oxygens (including phenoxy) is 2. The number of hydrogen-bond acceptors (Lipinski definition) is 4. The molecule has 0 radical (unpaired) electrons. The molecule has 5 heteroatoms. The molecule has 0 aliphatic heterocycles. The van der Waals surface area contributed by atoms with Gasteiger partial charge in [-0.1, -0.05) is 13.8 Å². The van der Waals surface area contributed by atoms with Gasteiger partial charge in [-0.3, -0.25) is 0 Å². The number of nitrogens with one attached hydrogen (secondary N) is 1. The lowest BCUT2D eigenvalue weighted by molar-refractivity contribution is -0.146. The number of carbonyl (C=O) groups is 2. The molecule has 0 unspecified atom stereocenters. The van der Waals surface area contributed by atoms with Gasteiger partial charge in [-0.05, 0) is 33.6 Å². The maximum atomic E-state index is 11.5. The summed E-state index contributed by atoms with van der Waals surface area (Å²) in [6.45, 7) is 8.90. The Morgan fingerprint density at radius 1 is 1.35 bits per heavy atom. The van der Waals surface area contributed by atoms with E-state index in [1.165, 1.54) is 6.92 Å². The Hall–Kier alpha value is -1.26. The van der Waals surface area contributed by atoms with Crippen LogP contribution in [-0.2, 0) is 14.3 Å². The van der Waals surface area contributed by atoms with Crippen LogP contribution < -0.4 is 5.32 Å². The average molecular weight is 246 g/mol. The van der Waals surface area contributed by atoms with E-state index in [4.69, 9.17) is 10.8 Å². The van der Waals surface area contributed by atoms with E-state index >= 15 is 0 Å². The maximum absolute atomic E-state index is 11.5. The van der Waals surface area contributed by atoms with Crippen LogP contribution in [0.2, 0.25) is 0 Å².